The second-order valence-electron chi connectivity index (χ2n) is 6.29. The van der Waals surface area contributed by atoms with Crippen LogP contribution in [0.15, 0.2) is 41.0 Å². The van der Waals surface area contributed by atoms with Crippen molar-refractivity contribution in [3.63, 3.8) is 0 Å². The van der Waals surface area contributed by atoms with E-state index < -0.39 is 17.0 Å². The molecule has 1 aromatic heterocycles. The number of hydrogen-bond acceptors (Lipinski definition) is 4. The van der Waals surface area contributed by atoms with Crippen molar-refractivity contribution in [3.8, 4) is 0 Å². The molecule has 0 aliphatic carbocycles. The number of thioether (sulfide) groups is 1. The summed E-state index contributed by atoms with van der Waals surface area (Å²) in [6.45, 7) is 2.40. The minimum absolute atomic E-state index is 0.102. The van der Waals surface area contributed by atoms with Crippen LogP contribution in [0.25, 0.3) is 0 Å². The summed E-state index contributed by atoms with van der Waals surface area (Å²) < 4.78 is 32.6. The summed E-state index contributed by atoms with van der Waals surface area (Å²) in [6, 6.07) is 6.58. The topological polar surface area (TPSA) is 53.8 Å². The van der Waals surface area contributed by atoms with Gasteiger partial charge in [0.15, 0.2) is 5.76 Å². The molecule has 0 saturated carbocycles. The highest BCUT2D eigenvalue weighted by atomic mass is 32.2. The maximum absolute atomic E-state index is 14.3. The molecular formula is C19H20F2N2O3S. The average Bonchev–Trinajstić information content (AvgIpc) is 3.27. The van der Waals surface area contributed by atoms with Crippen LogP contribution < -0.4 is 0 Å². The predicted molar refractivity (Wildman–Crippen MR) is 98.2 cm³/mol. The molecule has 3 rings (SSSR count). The zero-order valence-corrected chi connectivity index (χ0v) is 15.8. The summed E-state index contributed by atoms with van der Waals surface area (Å²) in [4.78, 5) is 28.0. The van der Waals surface area contributed by atoms with Crippen molar-refractivity contribution in [1.82, 2.24) is 9.80 Å². The minimum Gasteiger partial charge on any atom is -0.459 e. The van der Waals surface area contributed by atoms with Crippen LogP contribution in [-0.4, -0.2) is 47.0 Å². The smallest absolute Gasteiger partial charge is 0.289 e. The van der Waals surface area contributed by atoms with Crippen LogP contribution in [0.2, 0.25) is 0 Å². The first-order valence-corrected chi connectivity index (χ1v) is 9.56. The van der Waals surface area contributed by atoms with Crippen molar-refractivity contribution >= 4 is 23.6 Å². The van der Waals surface area contributed by atoms with Crippen molar-refractivity contribution in [2.45, 2.75) is 24.0 Å². The molecule has 27 heavy (non-hydrogen) atoms. The fraction of sp³-hybridized carbons (Fsp3) is 0.368. The lowest BCUT2D eigenvalue weighted by Gasteiger charge is -2.27. The van der Waals surface area contributed by atoms with E-state index in [2.05, 4.69) is 0 Å². The van der Waals surface area contributed by atoms with E-state index in [0.717, 1.165) is 6.07 Å². The van der Waals surface area contributed by atoms with E-state index in [4.69, 9.17) is 4.42 Å². The third-order valence-corrected chi connectivity index (χ3v) is 6.12. The van der Waals surface area contributed by atoms with Crippen LogP contribution in [0.4, 0.5) is 8.78 Å². The minimum atomic E-state index is -0.679. The SMILES string of the molecule is CCC1SC(c2ccc(F)cc2F)N(CCN(C)C(=O)c2ccco2)C1=O. The van der Waals surface area contributed by atoms with Crippen LogP contribution in [-0.2, 0) is 4.79 Å². The van der Waals surface area contributed by atoms with Crippen LogP contribution in [0, 0.1) is 11.6 Å². The van der Waals surface area contributed by atoms with Gasteiger partial charge >= 0.3 is 0 Å². The van der Waals surface area contributed by atoms with Gasteiger partial charge in [-0.3, -0.25) is 9.59 Å². The molecule has 8 heteroatoms. The van der Waals surface area contributed by atoms with Crippen molar-refractivity contribution in [2.24, 2.45) is 0 Å². The lowest BCUT2D eigenvalue weighted by molar-refractivity contribution is -0.130. The van der Waals surface area contributed by atoms with Gasteiger partial charge in [0.05, 0.1) is 11.5 Å². The van der Waals surface area contributed by atoms with Gasteiger partial charge in [-0.1, -0.05) is 13.0 Å². The molecule has 5 nitrogen and oxygen atoms in total. The number of rotatable bonds is 6. The van der Waals surface area contributed by atoms with Gasteiger partial charge in [0, 0.05) is 31.8 Å². The van der Waals surface area contributed by atoms with Gasteiger partial charge in [-0.05, 0) is 24.6 Å². The number of amides is 2. The summed E-state index contributed by atoms with van der Waals surface area (Å²) in [5.41, 5.74) is 0.269. The zero-order chi connectivity index (χ0) is 19.6. The van der Waals surface area contributed by atoms with Crippen molar-refractivity contribution in [2.75, 3.05) is 20.1 Å². The van der Waals surface area contributed by atoms with Gasteiger partial charge in [0.25, 0.3) is 5.91 Å². The Hall–Kier alpha value is -2.35. The second-order valence-corrected chi connectivity index (χ2v) is 7.57. The van der Waals surface area contributed by atoms with Crippen LogP contribution in [0.3, 0.4) is 0 Å². The van der Waals surface area contributed by atoms with Crippen LogP contribution in [0.1, 0.15) is 34.8 Å². The van der Waals surface area contributed by atoms with E-state index in [-0.39, 0.29) is 41.5 Å². The molecule has 2 aromatic rings. The quantitative estimate of drug-likeness (QED) is 0.750. The molecule has 1 aromatic carbocycles. The third kappa shape index (κ3) is 4.00. The van der Waals surface area contributed by atoms with Gasteiger partial charge in [0.1, 0.15) is 17.0 Å². The average molecular weight is 394 g/mol. The molecule has 0 N–H and O–H groups in total. The van der Waals surface area contributed by atoms with E-state index >= 15 is 0 Å². The normalized spacial score (nSPS) is 19.6. The molecule has 144 valence electrons. The Labute approximate surface area is 160 Å². The number of furan rings is 1. The van der Waals surface area contributed by atoms with Crippen molar-refractivity contribution in [3.05, 3.63) is 59.6 Å². The van der Waals surface area contributed by atoms with E-state index in [1.807, 2.05) is 6.92 Å². The number of benzene rings is 1. The summed E-state index contributed by atoms with van der Waals surface area (Å²) in [7, 11) is 1.61. The number of carbonyl (C=O) groups excluding carboxylic acids is 2. The first kappa shape index (κ1) is 19.4. The summed E-state index contributed by atoms with van der Waals surface area (Å²) >= 11 is 1.35. The zero-order valence-electron chi connectivity index (χ0n) is 15.0. The molecule has 2 atom stereocenters. The maximum atomic E-state index is 14.3. The Kier molecular flexibility index (Phi) is 5.84. The molecule has 2 unspecified atom stereocenters. The fourth-order valence-corrected chi connectivity index (χ4v) is 4.43. The number of likely N-dealkylation sites (N-methyl/N-ethyl adjacent to an activating group) is 1. The molecule has 1 aliphatic rings. The Morgan fingerprint density at radius 1 is 1.33 bits per heavy atom. The highest BCUT2D eigenvalue weighted by molar-refractivity contribution is 8.01. The number of nitrogens with zero attached hydrogens (tertiary/aromatic N) is 2. The monoisotopic (exact) mass is 394 g/mol. The van der Waals surface area contributed by atoms with Crippen molar-refractivity contribution < 1.29 is 22.8 Å². The van der Waals surface area contributed by atoms with E-state index in [0.29, 0.717) is 6.42 Å². The van der Waals surface area contributed by atoms with Crippen molar-refractivity contribution in [1.29, 1.82) is 0 Å². The number of hydrogen-bond donors (Lipinski definition) is 0. The molecule has 2 heterocycles. The van der Waals surface area contributed by atoms with E-state index in [9.17, 15) is 18.4 Å². The Balaban J connectivity index is 1.76. The third-order valence-electron chi connectivity index (χ3n) is 4.49. The fourth-order valence-electron chi connectivity index (χ4n) is 2.98. The summed E-state index contributed by atoms with van der Waals surface area (Å²) in [6.07, 6.45) is 2.03. The Morgan fingerprint density at radius 2 is 2.11 bits per heavy atom. The molecule has 1 fully saturated rings. The molecular weight excluding hydrogens is 374 g/mol. The molecule has 0 spiro atoms. The van der Waals surface area contributed by atoms with Gasteiger partial charge in [0.2, 0.25) is 5.91 Å². The first-order chi connectivity index (χ1) is 12.9. The number of carbonyl (C=O) groups is 2. The Morgan fingerprint density at radius 3 is 2.74 bits per heavy atom. The predicted octanol–water partition coefficient (Wildman–Crippen LogP) is 3.68. The van der Waals surface area contributed by atoms with Gasteiger partial charge in [-0.2, -0.15) is 0 Å². The summed E-state index contributed by atoms with van der Waals surface area (Å²) in [5, 5.41) is -0.833. The van der Waals surface area contributed by atoms with Gasteiger partial charge < -0.3 is 14.2 Å². The second kappa shape index (κ2) is 8.12. The molecule has 0 bridgehead atoms. The Bertz CT molecular complexity index is 828. The van der Waals surface area contributed by atoms with Crippen LogP contribution >= 0.6 is 11.8 Å². The molecule has 2 amide bonds. The van der Waals surface area contributed by atoms with Crippen LogP contribution in [0.5, 0.6) is 0 Å². The largest absolute Gasteiger partial charge is 0.459 e. The van der Waals surface area contributed by atoms with E-state index in [1.54, 1.807) is 24.1 Å². The van der Waals surface area contributed by atoms with E-state index in [1.165, 1.54) is 35.1 Å². The first-order valence-electron chi connectivity index (χ1n) is 8.62. The number of halogens is 2. The highest BCUT2D eigenvalue weighted by Crippen LogP contribution is 2.44. The summed E-state index contributed by atoms with van der Waals surface area (Å²) in [5.74, 6) is -1.52. The maximum Gasteiger partial charge on any atom is 0.289 e. The highest BCUT2D eigenvalue weighted by Gasteiger charge is 2.41. The van der Waals surface area contributed by atoms with Gasteiger partial charge in [-0.15, -0.1) is 11.8 Å². The van der Waals surface area contributed by atoms with Gasteiger partial charge in [-0.25, -0.2) is 8.78 Å². The molecule has 1 aliphatic heterocycles. The lowest BCUT2D eigenvalue weighted by atomic mass is 10.1. The molecule has 0 radical (unpaired) electrons. The standard InChI is InChI=1S/C19H20F2N2O3S/c1-3-16-18(25)23(9-8-22(2)17(24)15-5-4-10-26-15)19(27-16)13-7-6-12(20)11-14(13)21/h4-7,10-11,16,19H,3,8-9H2,1-2H3. The molecule has 1 saturated heterocycles. The lowest BCUT2D eigenvalue weighted by Crippen LogP contribution is -2.39.